The molecule has 25 heavy (non-hydrogen) atoms. The SMILES string of the molecule is C=C1COC2(CCC3(CC2)OOC2(O3)C3CC4CC(C3)CC2C4)OC1. The highest BCUT2D eigenvalue weighted by Gasteiger charge is 2.67. The van der Waals surface area contributed by atoms with Crippen molar-refractivity contribution in [2.24, 2.45) is 23.7 Å². The molecule has 0 amide bonds. The van der Waals surface area contributed by atoms with Gasteiger partial charge in [0.2, 0.25) is 11.6 Å². The third-order valence-electron chi connectivity index (χ3n) is 7.80. The fourth-order valence-corrected chi connectivity index (χ4v) is 6.65. The van der Waals surface area contributed by atoms with Crippen LogP contribution < -0.4 is 0 Å². The van der Waals surface area contributed by atoms with E-state index in [1.807, 2.05) is 0 Å². The van der Waals surface area contributed by atoms with Crippen molar-refractivity contribution in [3.63, 3.8) is 0 Å². The van der Waals surface area contributed by atoms with Crippen LogP contribution in [0.4, 0.5) is 0 Å². The van der Waals surface area contributed by atoms with Crippen molar-refractivity contribution in [1.29, 1.82) is 0 Å². The fourth-order valence-electron chi connectivity index (χ4n) is 6.65. The highest BCUT2D eigenvalue weighted by molar-refractivity contribution is 5.06. The Kier molecular flexibility index (Phi) is 3.16. The Balaban J connectivity index is 1.19. The Bertz CT molecular complexity index is 551. The second-order valence-corrected chi connectivity index (χ2v) is 9.44. The minimum absolute atomic E-state index is 0.472. The zero-order valence-electron chi connectivity index (χ0n) is 14.8. The first-order valence-corrected chi connectivity index (χ1v) is 10.1. The van der Waals surface area contributed by atoms with E-state index in [1.54, 1.807) is 0 Å². The fraction of sp³-hybridized carbons (Fsp3) is 0.900. The van der Waals surface area contributed by atoms with Crippen LogP contribution in [-0.2, 0) is 24.0 Å². The minimum Gasteiger partial charge on any atom is -0.345 e. The smallest absolute Gasteiger partial charge is 0.210 e. The van der Waals surface area contributed by atoms with Crippen molar-refractivity contribution in [3.05, 3.63) is 12.2 Å². The van der Waals surface area contributed by atoms with Crippen molar-refractivity contribution in [2.45, 2.75) is 75.1 Å². The molecule has 0 N–H and O–H groups in total. The summed E-state index contributed by atoms with van der Waals surface area (Å²) in [6.07, 6.45) is 9.57. The number of rotatable bonds is 0. The van der Waals surface area contributed by atoms with Crippen LogP contribution in [0.15, 0.2) is 12.2 Å². The molecule has 0 aromatic heterocycles. The highest BCUT2D eigenvalue weighted by Crippen LogP contribution is 2.64. The van der Waals surface area contributed by atoms with E-state index in [1.165, 1.54) is 32.1 Å². The van der Waals surface area contributed by atoms with Gasteiger partial charge in [0.15, 0.2) is 5.79 Å². The summed E-state index contributed by atoms with van der Waals surface area (Å²) in [7, 11) is 0. The molecule has 4 bridgehead atoms. The molecule has 2 heterocycles. The lowest BCUT2D eigenvalue weighted by molar-refractivity contribution is -0.393. The lowest BCUT2D eigenvalue weighted by atomic mass is 9.53. The Morgan fingerprint density at radius 1 is 0.720 bits per heavy atom. The first-order chi connectivity index (χ1) is 12.1. The molecule has 0 atom stereocenters. The Hall–Kier alpha value is -0.460. The van der Waals surface area contributed by atoms with Crippen LogP contribution in [0.25, 0.3) is 0 Å². The average Bonchev–Trinajstić information content (AvgIpc) is 2.99. The van der Waals surface area contributed by atoms with Gasteiger partial charge in [0, 0.05) is 37.5 Å². The molecule has 7 fully saturated rings. The summed E-state index contributed by atoms with van der Waals surface area (Å²) in [4.78, 5) is 12.1. The van der Waals surface area contributed by atoms with E-state index in [4.69, 9.17) is 24.0 Å². The van der Waals surface area contributed by atoms with E-state index in [-0.39, 0.29) is 0 Å². The quantitative estimate of drug-likeness (QED) is 0.493. The van der Waals surface area contributed by atoms with E-state index < -0.39 is 17.4 Å². The van der Waals surface area contributed by atoms with Crippen LogP contribution in [0.2, 0.25) is 0 Å². The molecule has 7 aliphatic rings. The Labute approximate surface area is 148 Å². The molecule has 0 unspecified atom stereocenters. The van der Waals surface area contributed by atoms with Gasteiger partial charge in [0.1, 0.15) is 0 Å². The molecule has 2 aliphatic heterocycles. The summed E-state index contributed by atoms with van der Waals surface area (Å²) in [5, 5.41) is 0. The Morgan fingerprint density at radius 2 is 1.28 bits per heavy atom. The van der Waals surface area contributed by atoms with Gasteiger partial charge in [-0.25, -0.2) is 0 Å². The van der Waals surface area contributed by atoms with E-state index >= 15 is 0 Å². The molecule has 138 valence electrons. The van der Waals surface area contributed by atoms with E-state index in [2.05, 4.69) is 6.58 Å². The highest BCUT2D eigenvalue weighted by atomic mass is 17.3. The maximum Gasteiger partial charge on any atom is 0.210 e. The summed E-state index contributed by atoms with van der Waals surface area (Å²) in [5.41, 5.74) is 1.01. The summed E-state index contributed by atoms with van der Waals surface area (Å²) in [5.74, 6) is 1.28. The van der Waals surface area contributed by atoms with Gasteiger partial charge in [0.05, 0.1) is 13.2 Å². The molecule has 0 radical (unpaired) electrons. The minimum atomic E-state index is -0.595. The molecule has 5 nitrogen and oxygen atoms in total. The third-order valence-corrected chi connectivity index (χ3v) is 7.80. The van der Waals surface area contributed by atoms with Crippen molar-refractivity contribution in [2.75, 3.05) is 13.2 Å². The molecule has 5 heteroatoms. The first-order valence-electron chi connectivity index (χ1n) is 10.1. The maximum atomic E-state index is 6.74. The van der Waals surface area contributed by atoms with E-state index in [0.717, 1.165) is 43.1 Å². The molecule has 5 saturated carbocycles. The average molecular weight is 348 g/mol. The van der Waals surface area contributed by atoms with Crippen molar-refractivity contribution in [3.8, 4) is 0 Å². The van der Waals surface area contributed by atoms with Crippen LogP contribution >= 0.6 is 0 Å². The standard InChI is InChI=1S/C20H28O5/c1-13-11-21-18(22-12-13)2-4-19(5-3-18)23-20(25-24-19)16-7-14-6-15(9-16)10-17(20)8-14/h14-17H,1-12H2. The molecular formula is C20H28O5. The van der Waals surface area contributed by atoms with Crippen LogP contribution in [0.3, 0.4) is 0 Å². The molecule has 0 aromatic carbocycles. The predicted octanol–water partition coefficient (Wildman–Crippen LogP) is 3.69. The monoisotopic (exact) mass is 348 g/mol. The lowest BCUT2D eigenvalue weighted by Gasteiger charge is -2.57. The van der Waals surface area contributed by atoms with Gasteiger partial charge in [-0.15, -0.1) is 0 Å². The van der Waals surface area contributed by atoms with Crippen LogP contribution in [0.5, 0.6) is 0 Å². The zero-order valence-corrected chi connectivity index (χ0v) is 14.8. The molecule has 2 saturated heterocycles. The third kappa shape index (κ3) is 2.19. The van der Waals surface area contributed by atoms with Gasteiger partial charge < -0.3 is 14.2 Å². The van der Waals surface area contributed by atoms with Gasteiger partial charge in [-0.3, -0.25) is 0 Å². The Morgan fingerprint density at radius 3 is 1.88 bits per heavy atom. The molecule has 5 aliphatic carbocycles. The second kappa shape index (κ2) is 5.08. The van der Waals surface area contributed by atoms with E-state index in [0.29, 0.717) is 25.0 Å². The van der Waals surface area contributed by atoms with Gasteiger partial charge in [-0.1, -0.05) is 6.58 Å². The van der Waals surface area contributed by atoms with Gasteiger partial charge in [0.25, 0.3) is 0 Å². The largest absolute Gasteiger partial charge is 0.345 e. The van der Waals surface area contributed by atoms with Gasteiger partial charge in [-0.05, 0) is 49.5 Å². The molecule has 3 spiro atoms. The molecule has 0 aromatic rings. The lowest BCUT2D eigenvalue weighted by Crippen LogP contribution is -2.59. The number of ether oxygens (including phenoxy) is 3. The summed E-state index contributed by atoms with van der Waals surface area (Å²) in [6, 6.07) is 0. The first kappa shape index (κ1) is 15.6. The molecular weight excluding hydrogens is 320 g/mol. The number of hydrogen-bond acceptors (Lipinski definition) is 5. The van der Waals surface area contributed by atoms with Crippen LogP contribution in [0.1, 0.15) is 57.8 Å². The van der Waals surface area contributed by atoms with Gasteiger partial charge in [-0.2, -0.15) is 9.78 Å². The van der Waals surface area contributed by atoms with Crippen molar-refractivity contribution in [1.82, 2.24) is 0 Å². The summed E-state index contributed by atoms with van der Waals surface area (Å²) in [6.45, 7) is 5.14. The topological polar surface area (TPSA) is 46.2 Å². The van der Waals surface area contributed by atoms with Crippen LogP contribution in [0, 0.1) is 23.7 Å². The maximum absolute atomic E-state index is 6.74. The number of hydrogen-bond donors (Lipinski definition) is 0. The normalized spacial score (nSPS) is 49.5. The second-order valence-electron chi connectivity index (χ2n) is 9.44. The summed E-state index contributed by atoms with van der Waals surface area (Å²) >= 11 is 0. The van der Waals surface area contributed by atoms with E-state index in [9.17, 15) is 0 Å². The predicted molar refractivity (Wildman–Crippen MR) is 88.0 cm³/mol. The summed E-state index contributed by atoms with van der Waals surface area (Å²) < 4.78 is 18.7. The van der Waals surface area contributed by atoms with Gasteiger partial charge >= 0.3 is 0 Å². The van der Waals surface area contributed by atoms with Crippen molar-refractivity contribution < 1.29 is 24.0 Å². The molecule has 7 rings (SSSR count). The van der Waals surface area contributed by atoms with Crippen molar-refractivity contribution >= 4 is 0 Å². The van der Waals surface area contributed by atoms with Crippen LogP contribution in [-0.4, -0.2) is 30.6 Å². The zero-order chi connectivity index (χ0) is 16.7.